The van der Waals surface area contributed by atoms with E-state index in [1.807, 2.05) is 54.6 Å². The van der Waals surface area contributed by atoms with Crippen LogP contribution in [0.25, 0.3) is 21.7 Å². The van der Waals surface area contributed by atoms with E-state index in [-0.39, 0.29) is 5.91 Å². The summed E-state index contributed by atoms with van der Waals surface area (Å²) in [6.07, 6.45) is 0. The van der Waals surface area contributed by atoms with Crippen molar-refractivity contribution < 1.29 is 4.79 Å². The topological polar surface area (TPSA) is 42.0 Å². The van der Waals surface area contributed by atoms with E-state index in [1.54, 1.807) is 24.3 Å². The third-order valence-corrected chi connectivity index (χ3v) is 5.63. The Kier molecular flexibility index (Phi) is 5.44. The van der Waals surface area contributed by atoms with Crippen molar-refractivity contribution in [2.45, 2.75) is 0 Å². The third-order valence-electron chi connectivity index (χ3n) is 4.11. The Morgan fingerprint density at radius 1 is 0.786 bits per heavy atom. The van der Waals surface area contributed by atoms with Crippen molar-refractivity contribution in [1.82, 2.24) is 4.98 Å². The number of nitrogens with one attached hydrogen (secondary N) is 1. The number of anilines is 1. The lowest BCUT2D eigenvalue weighted by molar-refractivity contribution is 0.102. The minimum atomic E-state index is -0.229. The van der Waals surface area contributed by atoms with Crippen molar-refractivity contribution >= 4 is 45.6 Å². The van der Waals surface area contributed by atoms with Gasteiger partial charge in [-0.3, -0.25) is 10.1 Å². The van der Waals surface area contributed by atoms with Crippen molar-refractivity contribution in [3.63, 3.8) is 0 Å². The Morgan fingerprint density at radius 2 is 1.39 bits per heavy atom. The van der Waals surface area contributed by atoms with E-state index < -0.39 is 0 Å². The lowest BCUT2D eigenvalue weighted by atomic mass is 10.1. The largest absolute Gasteiger partial charge is 0.298 e. The lowest BCUT2D eigenvalue weighted by Crippen LogP contribution is -2.11. The summed E-state index contributed by atoms with van der Waals surface area (Å²) in [6, 6.07) is 24.2. The normalized spacial score (nSPS) is 10.6. The first-order valence-corrected chi connectivity index (χ1v) is 10.1. The molecule has 0 bridgehead atoms. The molecule has 138 valence electrons. The van der Waals surface area contributed by atoms with E-state index in [4.69, 9.17) is 23.2 Å². The molecule has 0 saturated carbocycles. The molecule has 0 aliphatic carbocycles. The number of carbonyl (C=O) groups excluding carboxylic acids is 1. The molecular weight excluding hydrogens is 411 g/mol. The molecule has 0 aliphatic rings. The molecule has 0 fully saturated rings. The van der Waals surface area contributed by atoms with Crippen molar-refractivity contribution in [1.29, 1.82) is 0 Å². The predicted octanol–water partition coefficient (Wildman–Crippen LogP) is 7.04. The van der Waals surface area contributed by atoms with Crippen molar-refractivity contribution in [2.24, 2.45) is 0 Å². The summed E-state index contributed by atoms with van der Waals surface area (Å²) in [5, 5.41) is 4.68. The van der Waals surface area contributed by atoms with Crippen molar-refractivity contribution in [3.05, 3.63) is 94.5 Å². The van der Waals surface area contributed by atoms with E-state index >= 15 is 0 Å². The highest BCUT2D eigenvalue weighted by molar-refractivity contribution is 7.19. The fourth-order valence-corrected chi connectivity index (χ4v) is 3.97. The number of carbonyl (C=O) groups is 1. The monoisotopic (exact) mass is 424 g/mol. The van der Waals surface area contributed by atoms with Gasteiger partial charge >= 0.3 is 0 Å². The molecule has 0 aliphatic heterocycles. The highest BCUT2D eigenvalue weighted by Crippen LogP contribution is 2.39. The van der Waals surface area contributed by atoms with Gasteiger partial charge in [-0.05, 0) is 42.0 Å². The number of rotatable bonds is 4. The van der Waals surface area contributed by atoms with Gasteiger partial charge in [-0.1, -0.05) is 77.0 Å². The molecule has 3 aromatic carbocycles. The van der Waals surface area contributed by atoms with Crippen LogP contribution >= 0.6 is 34.5 Å². The smallest absolute Gasteiger partial charge is 0.257 e. The van der Waals surface area contributed by atoms with Gasteiger partial charge < -0.3 is 0 Å². The molecule has 0 unspecified atom stereocenters. The van der Waals surface area contributed by atoms with Crippen LogP contribution in [-0.2, 0) is 0 Å². The Bertz CT molecular complexity index is 1110. The summed E-state index contributed by atoms with van der Waals surface area (Å²) in [7, 11) is 0. The summed E-state index contributed by atoms with van der Waals surface area (Å²) < 4.78 is 0. The number of aromatic nitrogens is 1. The van der Waals surface area contributed by atoms with Crippen LogP contribution in [0.3, 0.4) is 0 Å². The first-order valence-electron chi connectivity index (χ1n) is 8.49. The molecule has 28 heavy (non-hydrogen) atoms. The maximum absolute atomic E-state index is 12.6. The van der Waals surface area contributed by atoms with Crippen LogP contribution in [-0.4, -0.2) is 10.9 Å². The van der Waals surface area contributed by atoms with Gasteiger partial charge in [-0.15, -0.1) is 0 Å². The van der Waals surface area contributed by atoms with Crippen LogP contribution in [0.4, 0.5) is 5.13 Å². The molecule has 4 rings (SSSR count). The van der Waals surface area contributed by atoms with Gasteiger partial charge in [0.15, 0.2) is 5.13 Å². The number of nitrogens with zero attached hydrogens (tertiary/aromatic N) is 1. The van der Waals surface area contributed by atoms with E-state index in [0.717, 1.165) is 21.7 Å². The molecule has 1 amide bonds. The minimum Gasteiger partial charge on any atom is -0.298 e. The fourth-order valence-electron chi connectivity index (χ4n) is 2.73. The number of hydrogen-bond donors (Lipinski definition) is 1. The summed E-state index contributed by atoms with van der Waals surface area (Å²) in [5.74, 6) is -0.229. The molecule has 1 heterocycles. The summed E-state index contributed by atoms with van der Waals surface area (Å²) in [6.45, 7) is 0. The third kappa shape index (κ3) is 4.09. The summed E-state index contributed by atoms with van der Waals surface area (Å²) >= 11 is 13.4. The summed E-state index contributed by atoms with van der Waals surface area (Å²) in [4.78, 5) is 18.2. The van der Waals surface area contributed by atoms with Crippen LogP contribution in [0.15, 0.2) is 78.9 Å². The SMILES string of the molecule is O=C(Nc1nc(-c2ccccc2)c(-c2ccc(Cl)cc2)s1)c1ccc(Cl)cc1. The molecule has 0 spiro atoms. The Hall–Kier alpha value is -2.66. The first-order chi connectivity index (χ1) is 13.6. The van der Waals surface area contributed by atoms with Crippen LogP contribution in [0, 0.1) is 0 Å². The molecule has 0 atom stereocenters. The lowest BCUT2D eigenvalue weighted by Gasteiger charge is -2.02. The maximum Gasteiger partial charge on any atom is 0.257 e. The number of halogens is 2. The average Bonchev–Trinajstić information content (AvgIpc) is 3.13. The Balaban J connectivity index is 1.71. The van der Waals surface area contributed by atoms with Crippen LogP contribution < -0.4 is 5.32 Å². The Morgan fingerprint density at radius 3 is 2.04 bits per heavy atom. The van der Waals surface area contributed by atoms with Gasteiger partial charge in [0.25, 0.3) is 5.91 Å². The van der Waals surface area contributed by atoms with E-state index in [2.05, 4.69) is 10.3 Å². The number of hydrogen-bond acceptors (Lipinski definition) is 3. The number of thiazole rings is 1. The summed E-state index contributed by atoms with van der Waals surface area (Å²) in [5.41, 5.74) is 3.32. The molecule has 4 aromatic rings. The molecule has 3 nitrogen and oxygen atoms in total. The van der Waals surface area contributed by atoms with E-state index in [0.29, 0.717) is 20.7 Å². The number of amides is 1. The zero-order chi connectivity index (χ0) is 19.5. The second-order valence-corrected chi connectivity index (χ2v) is 7.90. The molecule has 0 saturated heterocycles. The fraction of sp³-hybridized carbons (Fsp3) is 0. The zero-order valence-electron chi connectivity index (χ0n) is 14.5. The van der Waals surface area contributed by atoms with Gasteiger partial charge in [-0.2, -0.15) is 0 Å². The van der Waals surface area contributed by atoms with Crippen LogP contribution in [0.5, 0.6) is 0 Å². The van der Waals surface area contributed by atoms with E-state index in [9.17, 15) is 4.79 Å². The van der Waals surface area contributed by atoms with E-state index in [1.165, 1.54) is 11.3 Å². The molecule has 0 radical (unpaired) electrons. The second-order valence-electron chi connectivity index (χ2n) is 6.03. The van der Waals surface area contributed by atoms with Crippen LogP contribution in [0.1, 0.15) is 10.4 Å². The number of benzene rings is 3. The Labute approximate surface area is 176 Å². The molecule has 6 heteroatoms. The van der Waals surface area contributed by atoms with Crippen molar-refractivity contribution in [3.8, 4) is 21.7 Å². The van der Waals surface area contributed by atoms with Gasteiger partial charge in [0.2, 0.25) is 0 Å². The molecule has 1 aromatic heterocycles. The first kappa shape index (κ1) is 18.7. The average molecular weight is 425 g/mol. The zero-order valence-corrected chi connectivity index (χ0v) is 16.9. The quantitative estimate of drug-likeness (QED) is 0.381. The highest BCUT2D eigenvalue weighted by atomic mass is 35.5. The predicted molar refractivity (Wildman–Crippen MR) is 117 cm³/mol. The minimum absolute atomic E-state index is 0.229. The van der Waals surface area contributed by atoms with Gasteiger partial charge in [0, 0.05) is 21.2 Å². The van der Waals surface area contributed by atoms with Gasteiger partial charge in [-0.25, -0.2) is 4.98 Å². The molecular formula is C22H14Cl2N2OS. The second kappa shape index (κ2) is 8.15. The maximum atomic E-state index is 12.6. The van der Waals surface area contributed by atoms with Gasteiger partial charge in [0.1, 0.15) is 0 Å². The standard InChI is InChI=1S/C22H14Cl2N2OS/c23-17-10-6-15(7-11-17)20-19(14-4-2-1-3-5-14)25-22(28-20)26-21(27)16-8-12-18(24)13-9-16/h1-13H,(H,25,26,27). The van der Waals surface area contributed by atoms with Crippen molar-refractivity contribution in [2.75, 3.05) is 5.32 Å². The van der Waals surface area contributed by atoms with Crippen LogP contribution in [0.2, 0.25) is 10.0 Å². The molecule has 1 N–H and O–H groups in total. The van der Waals surface area contributed by atoms with Gasteiger partial charge in [0.05, 0.1) is 10.6 Å². The highest BCUT2D eigenvalue weighted by Gasteiger charge is 2.17.